The van der Waals surface area contributed by atoms with Crippen molar-refractivity contribution in [2.24, 2.45) is 0 Å². The molecule has 0 radical (unpaired) electrons. The molecule has 0 aliphatic carbocycles. The average Bonchev–Trinajstić information content (AvgIpc) is 3.16. The molecule has 0 bridgehead atoms. The van der Waals surface area contributed by atoms with Crippen molar-refractivity contribution in [1.82, 2.24) is 9.80 Å². The third-order valence-electron chi connectivity index (χ3n) is 3.84. The second kappa shape index (κ2) is 6.77. The molecule has 0 atom stereocenters. The van der Waals surface area contributed by atoms with E-state index < -0.39 is 0 Å². The molecule has 0 saturated carbocycles. The summed E-state index contributed by atoms with van der Waals surface area (Å²) in [4.78, 5) is 28.8. The van der Waals surface area contributed by atoms with Gasteiger partial charge in [0.1, 0.15) is 0 Å². The molecule has 122 valence electrons. The molecule has 23 heavy (non-hydrogen) atoms. The minimum atomic E-state index is -0.353. The predicted molar refractivity (Wildman–Crippen MR) is 91.2 cm³/mol. The van der Waals surface area contributed by atoms with Gasteiger partial charge in [0.2, 0.25) is 0 Å². The summed E-state index contributed by atoms with van der Waals surface area (Å²) < 4.78 is 0. The van der Waals surface area contributed by atoms with Crippen LogP contribution in [0.15, 0.2) is 23.6 Å². The number of aryl methyl sites for hydroxylation is 1. The van der Waals surface area contributed by atoms with E-state index in [1.54, 1.807) is 6.07 Å². The predicted octanol–water partition coefficient (Wildman–Crippen LogP) is 2.98. The Morgan fingerprint density at radius 3 is 2.61 bits per heavy atom. The fourth-order valence-corrected chi connectivity index (χ4v) is 4.17. The van der Waals surface area contributed by atoms with Gasteiger partial charge < -0.3 is 4.90 Å². The fraction of sp³-hybridized carbons (Fsp3) is 0.400. The largest absolute Gasteiger partial charge is 0.335 e. The van der Waals surface area contributed by atoms with Crippen LogP contribution >= 0.6 is 22.7 Å². The van der Waals surface area contributed by atoms with Crippen molar-refractivity contribution < 1.29 is 9.72 Å². The summed E-state index contributed by atoms with van der Waals surface area (Å²) in [7, 11) is 0. The van der Waals surface area contributed by atoms with Gasteiger partial charge in [-0.05, 0) is 24.6 Å². The van der Waals surface area contributed by atoms with E-state index in [0.29, 0.717) is 19.6 Å². The molecule has 1 fully saturated rings. The minimum Gasteiger partial charge on any atom is -0.335 e. The van der Waals surface area contributed by atoms with Gasteiger partial charge in [-0.1, -0.05) is 11.3 Å². The van der Waals surface area contributed by atoms with Crippen LogP contribution in [0.1, 0.15) is 20.1 Å². The van der Waals surface area contributed by atoms with Crippen LogP contribution in [0.2, 0.25) is 0 Å². The van der Waals surface area contributed by atoms with Crippen molar-refractivity contribution in [3.05, 3.63) is 49.0 Å². The lowest BCUT2D eigenvalue weighted by atomic mass is 10.2. The number of piperazine rings is 1. The maximum atomic E-state index is 12.4. The average molecular weight is 351 g/mol. The summed E-state index contributed by atoms with van der Waals surface area (Å²) in [6.07, 6.45) is 0. The van der Waals surface area contributed by atoms with Gasteiger partial charge in [-0.2, -0.15) is 0 Å². The first-order valence-corrected chi connectivity index (χ1v) is 9.02. The second-order valence-electron chi connectivity index (χ2n) is 5.53. The van der Waals surface area contributed by atoms with Crippen LogP contribution in [0.5, 0.6) is 0 Å². The molecule has 1 saturated heterocycles. The summed E-state index contributed by atoms with van der Waals surface area (Å²) >= 11 is 2.69. The van der Waals surface area contributed by atoms with Gasteiger partial charge >= 0.3 is 5.00 Å². The van der Waals surface area contributed by atoms with E-state index in [9.17, 15) is 14.9 Å². The summed E-state index contributed by atoms with van der Waals surface area (Å²) in [6.45, 7) is 5.67. The first-order chi connectivity index (χ1) is 11.0. The number of carbonyl (C=O) groups excluding carboxylic acids is 1. The monoisotopic (exact) mass is 351 g/mol. The summed E-state index contributed by atoms with van der Waals surface area (Å²) in [5.74, 6) is 0.105. The highest BCUT2D eigenvalue weighted by molar-refractivity contribution is 7.14. The Balaban J connectivity index is 1.53. The molecule has 2 aromatic rings. The number of hydrogen-bond acceptors (Lipinski definition) is 6. The molecule has 0 spiro atoms. The molecular weight excluding hydrogens is 334 g/mol. The molecule has 1 aliphatic rings. The molecule has 0 aromatic carbocycles. The smallest absolute Gasteiger partial charge is 0.324 e. The molecule has 3 rings (SSSR count). The van der Waals surface area contributed by atoms with Gasteiger partial charge in [-0.3, -0.25) is 19.8 Å². The Hall–Kier alpha value is -1.77. The number of hydrogen-bond donors (Lipinski definition) is 0. The van der Waals surface area contributed by atoms with Crippen LogP contribution in [0.4, 0.5) is 5.00 Å². The van der Waals surface area contributed by atoms with Gasteiger partial charge in [0.15, 0.2) is 0 Å². The summed E-state index contributed by atoms with van der Waals surface area (Å²) in [6, 6.07) is 5.49. The van der Waals surface area contributed by atoms with E-state index in [1.807, 2.05) is 29.3 Å². The zero-order chi connectivity index (χ0) is 16.4. The third-order valence-corrected chi connectivity index (χ3v) is 5.75. The SMILES string of the molecule is Cc1ccc(C(=O)N2CCN(Cc3csc([N+](=O)[O-])c3)CC2)s1. The zero-order valence-corrected chi connectivity index (χ0v) is 14.4. The van der Waals surface area contributed by atoms with Crippen molar-refractivity contribution in [1.29, 1.82) is 0 Å². The van der Waals surface area contributed by atoms with Crippen molar-refractivity contribution in [3.8, 4) is 0 Å². The molecule has 0 unspecified atom stereocenters. The Bertz CT molecular complexity index is 717. The van der Waals surface area contributed by atoms with Gasteiger partial charge in [0.25, 0.3) is 5.91 Å². The van der Waals surface area contributed by atoms with Crippen LogP contribution in [0, 0.1) is 17.0 Å². The number of carbonyl (C=O) groups is 1. The lowest BCUT2D eigenvalue weighted by molar-refractivity contribution is -0.380. The van der Waals surface area contributed by atoms with E-state index in [2.05, 4.69) is 4.90 Å². The molecule has 0 N–H and O–H groups in total. The quantitative estimate of drug-likeness (QED) is 0.627. The van der Waals surface area contributed by atoms with Crippen molar-refractivity contribution in [2.75, 3.05) is 26.2 Å². The van der Waals surface area contributed by atoms with E-state index in [4.69, 9.17) is 0 Å². The number of thiophene rings is 2. The van der Waals surface area contributed by atoms with Crippen molar-refractivity contribution in [3.63, 3.8) is 0 Å². The van der Waals surface area contributed by atoms with Gasteiger partial charge in [0, 0.05) is 49.0 Å². The molecule has 1 amide bonds. The zero-order valence-electron chi connectivity index (χ0n) is 12.7. The fourth-order valence-electron chi connectivity index (χ4n) is 2.61. The molecule has 3 heterocycles. The van der Waals surface area contributed by atoms with Crippen LogP contribution in [-0.2, 0) is 6.54 Å². The van der Waals surface area contributed by atoms with E-state index >= 15 is 0 Å². The highest BCUT2D eigenvalue weighted by Gasteiger charge is 2.23. The normalized spacial score (nSPS) is 15.8. The molecule has 1 aliphatic heterocycles. The standard InChI is InChI=1S/C15H17N3O3S2/c1-11-2-3-13(23-11)15(19)17-6-4-16(5-7-17)9-12-8-14(18(20)21)22-10-12/h2-3,8,10H,4-7,9H2,1H3. The Kier molecular flexibility index (Phi) is 4.74. The van der Waals surface area contributed by atoms with E-state index in [0.717, 1.165) is 39.7 Å². The first kappa shape index (κ1) is 16.1. The van der Waals surface area contributed by atoms with Crippen LogP contribution in [0.25, 0.3) is 0 Å². The molecule has 6 nitrogen and oxygen atoms in total. The molecule has 2 aromatic heterocycles. The maximum Gasteiger partial charge on any atom is 0.324 e. The van der Waals surface area contributed by atoms with Crippen LogP contribution in [-0.4, -0.2) is 46.8 Å². The molecule has 8 heteroatoms. The second-order valence-corrected chi connectivity index (χ2v) is 7.71. The minimum absolute atomic E-state index is 0.105. The summed E-state index contributed by atoms with van der Waals surface area (Å²) in [5.41, 5.74) is 0.968. The topological polar surface area (TPSA) is 66.7 Å². The Labute approximate surface area is 142 Å². The maximum absolute atomic E-state index is 12.4. The lowest BCUT2D eigenvalue weighted by Crippen LogP contribution is -2.48. The first-order valence-electron chi connectivity index (χ1n) is 7.33. The summed E-state index contributed by atoms with van der Waals surface area (Å²) in [5, 5.41) is 12.7. The van der Waals surface area contributed by atoms with Gasteiger partial charge in [-0.15, -0.1) is 11.3 Å². The highest BCUT2D eigenvalue weighted by atomic mass is 32.1. The van der Waals surface area contributed by atoms with Gasteiger partial charge in [-0.25, -0.2) is 0 Å². The lowest BCUT2D eigenvalue weighted by Gasteiger charge is -2.34. The number of nitrogens with zero attached hydrogens (tertiary/aromatic N) is 3. The molecular formula is C15H17N3O3S2. The van der Waals surface area contributed by atoms with Crippen LogP contribution < -0.4 is 0 Å². The van der Waals surface area contributed by atoms with Crippen molar-refractivity contribution in [2.45, 2.75) is 13.5 Å². The highest BCUT2D eigenvalue weighted by Crippen LogP contribution is 2.24. The van der Waals surface area contributed by atoms with E-state index in [-0.39, 0.29) is 15.8 Å². The number of rotatable bonds is 4. The van der Waals surface area contributed by atoms with E-state index in [1.165, 1.54) is 11.3 Å². The number of nitro groups is 1. The Morgan fingerprint density at radius 2 is 2.04 bits per heavy atom. The van der Waals surface area contributed by atoms with Gasteiger partial charge in [0.05, 0.1) is 9.80 Å². The Morgan fingerprint density at radius 1 is 1.30 bits per heavy atom. The van der Waals surface area contributed by atoms with Crippen molar-refractivity contribution >= 4 is 33.6 Å². The van der Waals surface area contributed by atoms with Crippen LogP contribution in [0.3, 0.4) is 0 Å². The third kappa shape index (κ3) is 3.77. The number of amides is 1.